The van der Waals surface area contributed by atoms with Crippen LogP contribution in [0.1, 0.15) is 15.9 Å². The molecule has 2 aromatic heterocycles. The first-order valence-corrected chi connectivity index (χ1v) is 6.76. The summed E-state index contributed by atoms with van der Waals surface area (Å²) in [4.78, 5) is 19.7. The van der Waals surface area contributed by atoms with Crippen LogP contribution in [0, 0.1) is 0 Å². The van der Waals surface area contributed by atoms with Gasteiger partial charge in [0.2, 0.25) is 0 Å². The van der Waals surface area contributed by atoms with Crippen molar-refractivity contribution in [3.05, 3.63) is 63.3 Å². The van der Waals surface area contributed by atoms with Crippen molar-refractivity contribution in [3.8, 4) is 0 Å². The Hall–Kier alpha value is -1.65. The lowest BCUT2D eigenvalue weighted by Gasteiger charge is -2.02. The van der Waals surface area contributed by atoms with Crippen molar-refractivity contribution in [2.45, 2.75) is 0 Å². The molecule has 1 N–H and O–H groups in total. The molecule has 0 atom stereocenters. The Labute approximate surface area is 122 Å². The van der Waals surface area contributed by atoms with Gasteiger partial charge in [-0.1, -0.05) is 23.7 Å². The normalized spacial score (nSPS) is 10.8. The van der Waals surface area contributed by atoms with Crippen molar-refractivity contribution in [2.24, 2.45) is 0 Å². The predicted octanol–water partition coefficient (Wildman–Crippen LogP) is 4.21. The van der Waals surface area contributed by atoms with E-state index in [2.05, 4.69) is 25.9 Å². The first-order chi connectivity index (χ1) is 9.16. The second-order valence-corrected chi connectivity index (χ2v) is 5.38. The van der Waals surface area contributed by atoms with E-state index in [9.17, 15) is 4.79 Å². The summed E-state index contributed by atoms with van der Waals surface area (Å²) in [5, 5.41) is 1.23. The van der Waals surface area contributed by atoms with E-state index in [1.807, 2.05) is 6.07 Å². The number of H-pyrrole nitrogens is 1. The largest absolute Gasteiger partial charge is 0.345 e. The Bertz CT molecular complexity index is 782. The third-order valence-corrected chi connectivity index (χ3v) is 3.62. The summed E-state index contributed by atoms with van der Waals surface area (Å²) in [6.45, 7) is 0. The molecular weight excluding hydrogens is 328 g/mol. The van der Waals surface area contributed by atoms with Crippen LogP contribution in [0.4, 0.5) is 0 Å². The fourth-order valence-corrected chi connectivity index (χ4v) is 2.51. The van der Waals surface area contributed by atoms with E-state index in [4.69, 9.17) is 11.6 Å². The number of ketones is 1. The van der Waals surface area contributed by atoms with Gasteiger partial charge in [-0.15, -0.1) is 0 Å². The standard InChI is InChI=1S/C14H8BrClN2O/c15-8-5-10-11(7-18-14(10)17-6-8)13(19)9-3-1-2-4-12(9)16/h1-7H,(H,17,18). The van der Waals surface area contributed by atoms with Gasteiger partial charge in [-0.25, -0.2) is 4.98 Å². The number of benzene rings is 1. The number of nitrogens with zero attached hydrogens (tertiary/aromatic N) is 1. The van der Waals surface area contributed by atoms with Crippen molar-refractivity contribution >= 4 is 44.3 Å². The zero-order chi connectivity index (χ0) is 13.4. The number of carbonyl (C=O) groups excluding carboxylic acids is 1. The van der Waals surface area contributed by atoms with Crippen LogP contribution in [-0.4, -0.2) is 15.8 Å². The molecule has 0 aliphatic heterocycles. The summed E-state index contributed by atoms with van der Waals surface area (Å²) < 4.78 is 0.827. The first-order valence-electron chi connectivity index (χ1n) is 5.58. The minimum Gasteiger partial charge on any atom is -0.345 e. The molecule has 19 heavy (non-hydrogen) atoms. The molecule has 0 unspecified atom stereocenters. The average molecular weight is 336 g/mol. The number of aromatic amines is 1. The molecule has 3 aromatic rings. The lowest BCUT2D eigenvalue weighted by atomic mass is 10.0. The molecule has 0 aliphatic rings. The number of rotatable bonds is 2. The number of carbonyl (C=O) groups is 1. The molecule has 0 saturated heterocycles. The van der Waals surface area contributed by atoms with Crippen LogP contribution in [0.5, 0.6) is 0 Å². The smallest absolute Gasteiger partial charge is 0.196 e. The van der Waals surface area contributed by atoms with Crippen LogP contribution in [0.2, 0.25) is 5.02 Å². The molecule has 0 aliphatic carbocycles. The van der Waals surface area contributed by atoms with Crippen molar-refractivity contribution in [1.82, 2.24) is 9.97 Å². The average Bonchev–Trinajstić information content (AvgIpc) is 2.81. The summed E-state index contributed by atoms with van der Waals surface area (Å²) in [6.07, 6.45) is 3.35. The second kappa shape index (κ2) is 4.79. The summed E-state index contributed by atoms with van der Waals surface area (Å²) in [7, 11) is 0. The molecule has 0 radical (unpaired) electrons. The van der Waals surface area contributed by atoms with E-state index < -0.39 is 0 Å². The topological polar surface area (TPSA) is 45.8 Å². The van der Waals surface area contributed by atoms with Gasteiger partial charge in [-0.3, -0.25) is 4.79 Å². The number of pyridine rings is 1. The maximum Gasteiger partial charge on any atom is 0.196 e. The summed E-state index contributed by atoms with van der Waals surface area (Å²) >= 11 is 9.42. The van der Waals surface area contributed by atoms with Gasteiger partial charge in [-0.05, 0) is 34.1 Å². The first kappa shape index (κ1) is 12.4. The highest BCUT2D eigenvalue weighted by Gasteiger charge is 2.17. The fraction of sp³-hybridized carbons (Fsp3) is 0. The number of nitrogens with one attached hydrogen (secondary N) is 1. The van der Waals surface area contributed by atoms with Crippen LogP contribution >= 0.6 is 27.5 Å². The monoisotopic (exact) mass is 334 g/mol. The maximum atomic E-state index is 12.5. The maximum absolute atomic E-state index is 12.5. The number of fused-ring (bicyclic) bond motifs is 1. The quantitative estimate of drug-likeness (QED) is 0.713. The Morgan fingerprint density at radius 3 is 2.84 bits per heavy atom. The Kier molecular flexibility index (Phi) is 3.12. The van der Waals surface area contributed by atoms with Gasteiger partial charge >= 0.3 is 0 Å². The molecule has 0 bridgehead atoms. The summed E-state index contributed by atoms with van der Waals surface area (Å²) in [5.41, 5.74) is 1.74. The van der Waals surface area contributed by atoms with Gasteiger partial charge in [-0.2, -0.15) is 0 Å². The predicted molar refractivity (Wildman–Crippen MR) is 78.7 cm³/mol. The molecule has 0 saturated carbocycles. The van der Waals surface area contributed by atoms with Crippen LogP contribution in [-0.2, 0) is 0 Å². The van der Waals surface area contributed by atoms with Crippen molar-refractivity contribution in [2.75, 3.05) is 0 Å². The van der Waals surface area contributed by atoms with Crippen LogP contribution in [0.25, 0.3) is 11.0 Å². The molecule has 0 spiro atoms. The van der Waals surface area contributed by atoms with E-state index >= 15 is 0 Å². The van der Waals surface area contributed by atoms with Gasteiger partial charge in [0.15, 0.2) is 5.78 Å². The number of hydrogen-bond donors (Lipinski definition) is 1. The minimum atomic E-state index is -0.114. The molecule has 2 heterocycles. The van der Waals surface area contributed by atoms with Crippen molar-refractivity contribution in [1.29, 1.82) is 0 Å². The molecule has 5 heteroatoms. The minimum absolute atomic E-state index is 0.114. The van der Waals surface area contributed by atoms with Gasteiger partial charge in [0, 0.05) is 33.4 Å². The van der Waals surface area contributed by atoms with E-state index in [0.29, 0.717) is 21.8 Å². The van der Waals surface area contributed by atoms with Crippen molar-refractivity contribution < 1.29 is 4.79 Å². The number of halogens is 2. The third-order valence-electron chi connectivity index (χ3n) is 2.86. The molecule has 0 amide bonds. The molecule has 1 aromatic carbocycles. The Morgan fingerprint density at radius 1 is 1.26 bits per heavy atom. The van der Waals surface area contributed by atoms with E-state index in [0.717, 1.165) is 9.86 Å². The highest BCUT2D eigenvalue weighted by molar-refractivity contribution is 9.10. The second-order valence-electron chi connectivity index (χ2n) is 4.06. The third kappa shape index (κ3) is 2.17. The van der Waals surface area contributed by atoms with Gasteiger partial charge in [0.05, 0.1) is 5.02 Å². The van der Waals surface area contributed by atoms with E-state index in [1.54, 1.807) is 36.7 Å². The SMILES string of the molecule is O=C(c1ccccc1Cl)c1c[nH]c2ncc(Br)cc12. The zero-order valence-electron chi connectivity index (χ0n) is 9.65. The zero-order valence-corrected chi connectivity index (χ0v) is 12.0. The fourth-order valence-electron chi connectivity index (χ4n) is 1.96. The lowest BCUT2D eigenvalue weighted by Crippen LogP contribution is -2.01. The highest BCUT2D eigenvalue weighted by atomic mass is 79.9. The van der Waals surface area contributed by atoms with Gasteiger partial charge in [0.1, 0.15) is 5.65 Å². The van der Waals surface area contributed by atoms with Gasteiger partial charge < -0.3 is 4.98 Å². The molecular formula is C14H8BrClN2O. The van der Waals surface area contributed by atoms with Crippen LogP contribution in [0.15, 0.2) is 47.2 Å². The summed E-state index contributed by atoms with van der Waals surface area (Å²) in [6, 6.07) is 8.88. The van der Waals surface area contributed by atoms with Crippen LogP contribution < -0.4 is 0 Å². The Morgan fingerprint density at radius 2 is 2.05 bits per heavy atom. The van der Waals surface area contributed by atoms with Crippen LogP contribution in [0.3, 0.4) is 0 Å². The van der Waals surface area contributed by atoms with Crippen molar-refractivity contribution in [3.63, 3.8) is 0 Å². The van der Waals surface area contributed by atoms with E-state index in [1.165, 1.54) is 0 Å². The van der Waals surface area contributed by atoms with Gasteiger partial charge in [0.25, 0.3) is 0 Å². The molecule has 3 nitrogen and oxygen atoms in total. The molecule has 3 rings (SSSR count). The lowest BCUT2D eigenvalue weighted by molar-refractivity contribution is 0.104. The number of hydrogen-bond acceptors (Lipinski definition) is 2. The number of aromatic nitrogens is 2. The Balaban J connectivity index is 2.17. The summed E-state index contributed by atoms with van der Waals surface area (Å²) in [5.74, 6) is -0.114. The molecule has 94 valence electrons. The van der Waals surface area contributed by atoms with E-state index in [-0.39, 0.29) is 5.78 Å². The molecule has 0 fully saturated rings. The highest BCUT2D eigenvalue weighted by Crippen LogP contribution is 2.25.